The molecule has 1 fully saturated rings. The van der Waals surface area contributed by atoms with E-state index >= 15 is 0 Å². The van der Waals surface area contributed by atoms with Crippen molar-refractivity contribution in [2.24, 2.45) is 0 Å². The van der Waals surface area contributed by atoms with Crippen molar-refractivity contribution in [3.05, 3.63) is 47.5 Å². The lowest BCUT2D eigenvalue weighted by Crippen LogP contribution is -2.59. The Morgan fingerprint density at radius 1 is 0.941 bits per heavy atom. The maximum atomic E-state index is 12.5. The van der Waals surface area contributed by atoms with Crippen LogP contribution >= 0.6 is 0 Å². The molecule has 0 unspecified atom stereocenters. The molecule has 3 rings (SSSR count). The fourth-order valence-electron chi connectivity index (χ4n) is 3.40. The number of benzene rings is 2. The lowest BCUT2D eigenvalue weighted by molar-refractivity contribution is -0.300. The summed E-state index contributed by atoms with van der Waals surface area (Å²) in [6.07, 6.45) is -6.66. The van der Waals surface area contributed by atoms with Gasteiger partial charge in [0.1, 0.15) is 36.8 Å². The number of hydrogen-bond donors (Lipinski definition) is 5. The van der Waals surface area contributed by atoms with Gasteiger partial charge in [-0.1, -0.05) is 12.1 Å². The minimum absolute atomic E-state index is 0.000822. The Morgan fingerprint density at radius 2 is 1.56 bits per heavy atom. The molecule has 11 nitrogen and oxygen atoms in total. The van der Waals surface area contributed by atoms with Gasteiger partial charge in [0, 0.05) is 0 Å². The second-order valence-electron chi connectivity index (χ2n) is 7.63. The molecule has 1 aliphatic heterocycles. The molecule has 186 valence electrons. The van der Waals surface area contributed by atoms with E-state index in [1.807, 2.05) is 0 Å². The van der Waals surface area contributed by atoms with Crippen LogP contribution in [0.25, 0.3) is 0 Å². The summed E-state index contributed by atoms with van der Waals surface area (Å²) in [6.45, 7) is -0.331. The molecule has 0 amide bonds. The maximum absolute atomic E-state index is 12.5. The number of methoxy groups -OCH3 is 2. The van der Waals surface area contributed by atoms with E-state index in [0.717, 1.165) is 5.56 Å². The van der Waals surface area contributed by atoms with Crippen molar-refractivity contribution in [2.45, 2.75) is 37.1 Å². The number of carbonyl (C=O) groups excluding carboxylic acids is 1. The van der Waals surface area contributed by atoms with E-state index in [1.54, 1.807) is 12.1 Å². The Morgan fingerprint density at radius 3 is 2.15 bits per heavy atom. The highest BCUT2D eigenvalue weighted by Gasteiger charge is 2.44. The normalized spacial score (nSPS) is 24.4. The molecule has 0 aromatic heterocycles. The molecular formula is C23H28O11. The highest BCUT2D eigenvalue weighted by Crippen LogP contribution is 2.37. The predicted molar refractivity (Wildman–Crippen MR) is 116 cm³/mol. The number of aromatic hydroxyl groups is 2. The number of aliphatic hydroxyl groups is 3. The maximum Gasteiger partial charge on any atom is 0.338 e. The van der Waals surface area contributed by atoms with Crippen LogP contribution in [0.5, 0.6) is 23.0 Å². The van der Waals surface area contributed by atoms with Crippen molar-refractivity contribution in [1.82, 2.24) is 0 Å². The zero-order chi connectivity index (χ0) is 24.8. The molecule has 0 saturated carbocycles. The van der Waals surface area contributed by atoms with Crippen LogP contribution < -0.4 is 9.47 Å². The van der Waals surface area contributed by atoms with E-state index in [4.69, 9.17) is 23.7 Å². The lowest BCUT2D eigenvalue weighted by atomic mass is 9.99. The van der Waals surface area contributed by atoms with E-state index in [-0.39, 0.29) is 35.2 Å². The number of rotatable bonds is 9. The zero-order valence-electron chi connectivity index (χ0n) is 18.7. The monoisotopic (exact) mass is 480 g/mol. The molecule has 1 heterocycles. The van der Waals surface area contributed by atoms with Gasteiger partial charge in [0.05, 0.1) is 26.4 Å². The molecule has 1 aliphatic rings. The Hall–Kier alpha value is -3.09. The molecule has 0 radical (unpaired) electrons. The van der Waals surface area contributed by atoms with Crippen LogP contribution in [-0.4, -0.2) is 89.6 Å². The van der Waals surface area contributed by atoms with Crippen molar-refractivity contribution in [3.63, 3.8) is 0 Å². The number of aliphatic hydroxyl groups excluding tert-OH is 3. The third-order valence-electron chi connectivity index (χ3n) is 5.37. The van der Waals surface area contributed by atoms with Crippen LogP contribution in [0.3, 0.4) is 0 Å². The number of hydrogen-bond acceptors (Lipinski definition) is 11. The summed E-state index contributed by atoms with van der Waals surface area (Å²) in [5, 5.41) is 50.0. The van der Waals surface area contributed by atoms with Crippen LogP contribution in [0.1, 0.15) is 15.9 Å². The standard InChI is InChI=1S/C23H28O11/c1-30-15-9-13(10-16(31-2)18(15)25)22(29)33-11-17-19(26)20(27)21(28)23(34-17)32-8-7-12-3-5-14(24)6-4-12/h3-6,9-10,17,19-21,23-28H,7-8,11H2,1-2H3/t17-,19-,20+,21-,23-/m1/s1. The SMILES string of the molecule is COc1cc(C(=O)OC[C@H]2O[C@@H](OCCc3ccc(O)cc3)[C@H](O)[C@@H](O)[C@@H]2O)cc(OC)c1O. The Kier molecular flexibility index (Phi) is 8.53. The van der Waals surface area contributed by atoms with E-state index in [9.17, 15) is 30.3 Å². The topological polar surface area (TPSA) is 164 Å². The zero-order valence-corrected chi connectivity index (χ0v) is 18.7. The van der Waals surface area contributed by atoms with Gasteiger partial charge in [0.2, 0.25) is 5.75 Å². The summed E-state index contributed by atoms with van der Waals surface area (Å²) in [7, 11) is 2.62. The summed E-state index contributed by atoms with van der Waals surface area (Å²) in [6, 6.07) is 9.00. The molecule has 34 heavy (non-hydrogen) atoms. The Labute approximate surface area is 195 Å². The highest BCUT2D eigenvalue weighted by molar-refractivity contribution is 5.91. The first-order chi connectivity index (χ1) is 16.2. The average Bonchev–Trinajstić information content (AvgIpc) is 2.84. The first-order valence-corrected chi connectivity index (χ1v) is 10.5. The molecule has 0 spiro atoms. The highest BCUT2D eigenvalue weighted by atomic mass is 16.7. The fourth-order valence-corrected chi connectivity index (χ4v) is 3.40. The summed E-state index contributed by atoms with van der Waals surface area (Å²) in [5.41, 5.74) is 0.882. The number of ether oxygens (including phenoxy) is 5. The molecule has 5 atom stereocenters. The number of phenols is 2. The van der Waals surface area contributed by atoms with Gasteiger partial charge < -0.3 is 49.2 Å². The van der Waals surface area contributed by atoms with Crippen LogP contribution in [-0.2, 0) is 20.6 Å². The summed E-state index contributed by atoms with van der Waals surface area (Å²) in [5.74, 6) is -0.967. The van der Waals surface area contributed by atoms with Gasteiger partial charge in [0.15, 0.2) is 17.8 Å². The molecule has 2 aromatic rings. The third-order valence-corrected chi connectivity index (χ3v) is 5.37. The van der Waals surface area contributed by atoms with Crippen molar-refractivity contribution < 1.29 is 54.0 Å². The van der Waals surface area contributed by atoms with Gasteiger partial charge >= 0.3 is 5.97 Å². The molecule has 11 heteroatoms. The molecular weight excluding hydrogens is 452 g/mol. The first kappa shape index (κ1) is 25.5. The molecule has 0 bridgehead atoms. The van der Waals surface area contributed by atoms with Gasteiger partial charge in [0.25, 0.3) is 0 Å². The summed E-state index contributed by atoms with van der Waals surface area (Å²) >= 11 is 0. The predicted octanol–water partition coefficient (Wildman–Crippen LogP) is 0.339. The number of phenolic OH excluding ortho intramolecular Hbond substituents is 2. The van der Waals surface area contributed by atoms with E-state index in [1.165, 1.54) is 38.5 Å². The van der Waals surface area contributed by atoms with Gasteiger partial charge in [-0.15, -0.1) is 0 Å². The van der Waals surface area contributed by atoms with Crippen LogP contribution in [0, 0.1) is 0 Å². The van der Waals surface area contributed by atoms with Crippen molar-refractivity contribution >= 4 is 5.97 Å². The Bertz CT molecular complexity index is 937. The second-order valence-corrected chi connectivity index (χ2v) is 7.63. The van der Waals surface area contributed by atoms with Gasteiger partial charge in [-0.2, -0.15) is 0 Å². The molecule has 2 aromatic carbocycles. The largest absolute Gasteiger partial charge is 0.508 e. The summed E-state index contributed by atoms with van der Waals surface area (Å²) in [4.78, 5) is 12.5. The van der Waals surface area contributed by atoms with Gasteiger partial charge in [-0.3, -0.25) is 0 Å². The smallest absolute Gasteiger partial charge is 0.338 e. The molecule has 1 saturated heterocycles. The van der Waals surface area contributed by atoms with Crippen LogP contribution in [0.15, 0.2) is 36.4 Å². The Balaban J connectivity index is 1.60. The quantitative estimate of drug-likeness (QED) is 0.314. The molecule has 5 N–H and O–H groups in total. The van der Waals surface area contributed by atoms with E-state index in [0.29, 0.717) is 6.42 Å². The van der Waals surface area contributed by atoms with E-state index < -0.39 is 43.3 Å². The minimum atomic E-state index is -1.59. The average molecular weight is 480 g/mol. The third kappa shape index (κ3) is 5.88. The fraction of sp³-hybridized carbons (Fsp3) is 0.435. The lowest BCUT2D eigenvalue weighted by Gasteiger charge is -2.40. The minimum Gasteiger partial charge on any atom is -0.508 e. The van der Waals surface area contributed by atoms with Crippen molar-refractivity contribution in [3.8, 4) is 23.0 Å². The van der Waals surface area contributed by atoms with Crippen LogP contribution in [0.4, 0.5) is 0 Å². The van der Waals surface area contributed by atoms with Gasteiger partial charge in [-0.05, 0) is 36.2 Å². The number of esters is 1. The van der Waals surface area contributed by atoms with Crippen molar-refractivity contribution in [1.29, 1.82) is 0 Å². The first-order valence-electron chi connectivity index (χ1n) is 10.5. The van der Waals surface area contributed by atoms with Crippen molar-refractivity contribution in [2.75, 3.05) is 27.4 Å². The number of carbonyl (C=O) groups is 1. The van der Waals surface area contributed by atoms with Crippen LogP contribution in [0.2, 0.25) is 0 Å². The van der Waals surface area contributed by atoms with Gasteiger partial charge in [-0.25, -0.2) is 4.79 Å². The summed E-state index contributed by atoms with van der Waals surface area (Å²) < 4.78 is 26.3. The van der Waals surface area contributed by atoms with E-state index in [2.05, 4.69) is 0 Å². The molecule has 0 aliphatic carbocycles. The second kappa shape index (κ2) is 11.4.